The number of hydrogen-bond acceptors (Lipinski definition) is 5. The van der Waals surface area contributed by atoms with Crippen molar-refractivity contribution in [1.29, 1.82) is 0 Å². The molecule has 0 aromatic heterocycles. The van der Waals surface area contributed by atoms with E-state index in [1.54, 1.807) is 24.3 Å². The summed E-state index contributed by atoms with van der Waals surface area (Å²) in [7, 11) is 0. The highest BCUT2D eigenvalue weighted by atomic mass is 19.3. The second kappa shape index (κ2) is 10.9. The summed E-state index contributed by atoms with van der Waals surface area (Å²) < 4.78 is 40.8. The van der Waals surface area contributed by atoms with Gasteiger partial charge in [-0.15, -0.1) is 0 Å². The molecule has 170 valence electrons. The zero-order chi connectivity index (χ0) is 24.7. The number of ether oxygens (including phenoxy) is 3. The second-order valence-corrected chi connectivity index (χ2v) is 6.87. The Balaban J connectivity index is 2.62. The van der Waals surface area contributed by atoms with Crippen molar-refractivity contribution in [3.05, 3.63) is 91.3 Å². The summed E-state index contributed by atoms with van der Waals surface area (Å²) >= 11 is 0. The van der Waals surface area contributed by atoms with E-state index in [-0.39, 0.29) is 34.7 Å². The van der Waals surface area contributed by atoms with Crippen LogP contribution in [0.1, 0.15) is 25.0 Å². The van der Waals surface area contributed by atoms with Gasteiger partial charge in [-0.05, 0) is 48.7 Å². The van der Waals surface area contributed by atoms with Gasteiger partial charge in [-0.2, -0.15) is 8.78 Å². The standard InChI is InChI=1S/C26H22F2O5/c1-7-18-19(8-2)21(32-25(29)15(3)4)12-10-20(18)17-9-11-22(33-26(30)16(5)6)23(13-17)31-14-24(27)28/h7-14H,1-3,5H2,4,6H3. The molecule has 0 aliphatic heterocycles. The van der Waals surface area contributed by atoms with Crippen molar-refractivity contribution < 1.29 is 32.6 Å². The van der Waals surface area contributed by atoms with Crippen molar-refractivity contribution in [2.75, 3.05) is 0 Å². The van der Waals surface area contributed by atoms with Crippen LogP contribution in [0.15, 0.2) is 80.1 Å². The molecule has 0 bridgehead atoms. The van der Waals surface area contributed by atoms with Crippen LogP contribution in [0.3, 0.4) is 0 Å². The predicted octanol–water partition coefficient (Wildman–Crippen LogP) is 6.72. The van der Waals surface area contributed by atoms with E-state index in [0.29, 0.717) is 22.3 Å². The van der Waals surface area contributed by atoms with E-state index in [0.717, 1.165) is 0 Å². The topological polar surface area (TPSA) is 61.8 Å². The van der Waals surface area contributed by atoms with Crippen molar-refractivity contribution in [2.24, 2.45) is 0 Å². The molecular formula is C26H22F2O5. The monoisotopic (exact) mass is 452 g/mol. The fourth-order valence-corrected chi connectivity index (χ4v) is 2.72. The summed E-state index contributed by atoms with van der Waals surface area (Å²) in [6, 6.07) is 7.67. The van der Waals surface area contributed by atoms with E-state index in [2.05, 4.69) is 26.3 Å². The Morgan fingerprint density at radius 3 is 1.88 bits per heavy atom. The molecular weight excluding hydrogens is 430 g/mol. The van der Waals surface area contributed by atoms with Crippen LogP contribution in [0.5, 0.6) is 17.2 Å². The van der Waals surface area contributed by atoms with Crippen molar-refractivity contribution in [3.8, 4) is 28.4 Å². The van der Waals surface area contributed by atoms with Crippen LogP contribution in [0, 0.1) is 0 Å². The lowest BCUT2D eigenvalue weighted by atomic mass is 9.94. The van der Waals surface area contributed by atoms with Gasteiger partial charge < -0.3 is 14.2 Å². The third-order valence-corrected chi connectivity index (χ3v) is 4.29. The van der Waals surface area contributed by atoms with Crippen LogP contribution in [-0.2, 0) is 9.59 Å². The van der Waals surface area contributed by atoms with Gasteiger partial charge >= 0.3 is 18.0 Å². The minimum Gasteiger partial charge on any atom is -0.455 e. The summed E-state index contributed by atoms with van der Waals surface area (Å²) in [5, 5.41) is 0. The van der Waals surface area contributed by atoms with Crippen molar-refractivity contribution in [3.63, 3.8) is 0 Å². The molecule has 0 spiro atoms. The summed E-state index contributed by atoms with van der Waals surface area (Å²) in [6.07, 6.45) is 1.22. The number of hydrogen-bond donors (Lipinski definition) is 0. The molecule has 33 heavy (non-hydrogen) atoms. The maximum absolute atomic E-state index is 12.6. The Labute approximate surface area is 190 Å². The second-order valence-electron chi connectivity index (χ2n) is 6.87. The zero-order valence-corrected chi connectivity index (χ0v) is 18.2. The number of carbonyl (C=O) groups excluding carboxylic acids is 2. The first-order chi connectivity index (χ1) is 15.6. The summed E-state index contributed by atoms with van der Waals surface area (Å²) in [5.41, 5.74) is 2.56. The zero-order valence-electron chi connectivity index (χ0n) is 18.2. The number of benzene rings is 2. The lowest BCUT2D eigenvalue weighted by molar-refractivity contribution is -0.131. The van der Waals surface area contributed by atoms with E-state index in [1.807, 2.05) is 0 Å². The van der Waals surface area contributed by atoms with Gasteiger partial charge in [0.05, 0.1) is 0 Å². The maximum atomic E-state index is 12.6. The minimum atomic E-state index is -2.07. The molecule has 0 saturated heterocycles. The molecule has 0 heterocycles. The molecule has 0 saturated carbocycles. The fourth-order valence-electron chi connectivity index (χ4n) is 2.72. The van der Waals surface area contributed by atoms with Crippen molar-refractivity contribution >= 4 is 24.1 Å². The molecule has 2 aromatic carbocycles. The third-order valence-electron chi connectivity index (χ3n) is 4.29. The number of halogens is 2. The molecule has 0 atom stereocenters. The van der Waals surface area contributed by atoms with E-state index in [1.165, 1.54) is 32.1 Å². The number of esters is 2. The first-order valence-electron chi connectivity index (χ1n) is 9.58. The van der Waals surface area contributed by atoms with E-state index >= 15 is 0 Å². The van der Waals surface area contributed by atoms with Gasteiger partial charge in [-0.25, -0.2) is 9.59 Å². The normalized spacial score (nSPS) is 9.94. The number of rotatable bonds is 9. The average Bonchev–Trinajstić information content (AvgIpc) is 2.77. The Bertz CT molecular complexity index is 1190. The Hall–Kier alpha value is -4.26. The molecule has 0 unspecified atom stereocenters. The van der Waals surface area contributed by atoms with Crippen LogP contribution < -0.4 is 14.2 Å². The molecule has 2 aromatic rings. The highest BCUT2D eigenvalue weighted by Crippen LogP contribution is 2.38. The van der Waals surface area contributed by atoms with Gasteiger partial charge in [-0.1, -0.05) is 50.6 Å². The first kappa shape index (κ1) is 25.0. The lowest BCUT2D eigenvalue weighted by Crippen LogP contribution is -2.10. The minimum absolute atomic E-state index is 0.0691. The van der Waals surface area contributed by atoms with Crippen molar-refractivity contribution in [2.45, 2.75) is 13.8 Å². The SMILES string of the molecule is C=Cc1c(OC(=O)C(=C)C)ccc(-c2ccc(OC(=O)C(=C)C)c(OC=C(F)F)c2)c1C=C. The molecule has 0 amide bonds. The van der Waals surface area contributed by atoms with Gasteiger partial charge in [0.1, 0.15) is 5.75 Å². The lowest BCUT2D eigenvalue weighted by Gasteiger charge is -2.16. The fraction of sp³-hybridized carbons (Fsp3) is 0.0769. The Morgan fingerprint density at radius 2 is 1.36 bits per heavy atom. The quantitative estimate of drug-likeness (QED) is 0.183. The van der Waals surface area contributed by atoms with Gasteiger partial charge in [0.25, 0.3) is 0 Å². The van der Waals surface area contributed by atoms with Gasteiger partial charge in [0.15, 0.2) is 17.8 Å². The highest BCUT2D eigenvalue weighted by Gasteiger charge is 2.17. The summed E-state index contributed by atoms with van der Waals surface area (Å²) in [5.74, 6) is -1.27. The van der Waals surface area contributed by atoms with Crippen molar-refractivity contribution in [1.82, 2.24) is 0 Å². The van der Waals surface area contributed by atoms with Crippen LogP contribution in [0.2, 0.25) is 0 Å². The molecule has 5 nitrogen and oxygen atoms in total. The number of carbonyl (C=O) groups is 2. The molecule has 0 N–H and O–H groups in total. The molecule has 0 aliphatic rings. The van der Waals surface area contributed by atoms with E-state index in [4.69, 9.17) is 14.2 Å². The first-order valence-corrected chi connectivity index (χ1v) is 9.58. The average molecular weight is 452 g/mol. The predicted molar refractivity (Wildman–Crippen MR) is 124 cm³/mol. The molecule has 2 rings (SSSR count). The molecule has 7 heteroatoms. The Kier molecular flexibility index (Phi) is 8.23. The van der Waals surface area contributed by atoms with Crippen LogP contribution in [-0.4, -0.2) is 11.9 Å². The van der Waals surface area contributed by atoms with Crippen LogP contribution >= 0.6 is 0 Å². The largest absolute Gasteiger partial charge is 0.455 e. The Morgan fingerprint density at radius 1 is 0.818 bits per heavy atom. The highest BCUT2D eigenvalue weighted by molar-refractivity contribution is 5.91. The maximum Gasteiger partial charge on any atom is 0.338 e. The molecule has 0 fully saturated rings. The van der Waals surface area contributed by atoms with Gasteiger partial charge in [-0.3, -0.25) is 0 Å². The summed E-state index contributed by atoms with van der Waals surface area (Å²) in [4.78, 5) is 23.9. The van der Waals surface area contributed by atoms with E-state index in [9.17, 15) is 18.4 Å². The smallest absolute Gasteiger partial charge is 0.338 e. The van der Waals surface area contributed by atoms with Gasteiger partial charge in [0.2, 0.25) is 0 Å². The van der Waals surface area contributed by atoms with E-state index < -0.39 is 18.0 Å². The van der Waals surface area contributed by atoms with Gasteiger partial charge in [0, 0.05) is 16.7 Å². The van der Waals surface area contributed by atoms with Crippen LogP contribution in [0.4, 0.5) is 8.78 Å². The molecule has 0 radical (unpaired) electrons. The van der Waals surface area contributed by atoms with Crippen LogP contribution in [0.25, 0.3) is 23.3 Å². The third kappa shape index (κ3) is 6.13. The molecule has 0 aliphatic carbocycles. The summed E-state index contributed by atoms with van der Waals surface area (Å²) in [6.45, 7) is 17.6.